The highest BCUT2D eigenvalue weighted by molar-refractivity contribution is 5.93. The molecule has 0 bridgehead atoms. The van der Waals surface area contributed by atoms with Gasteiger partial charge in [-0.2, -0.15) is 14.7 Å². The summed E-state index contributed by atoms with van der Waals surface area (Å²) >= 11 is 0. The zero-order chi connectivity index (χ0) is 31.9. The molecule has 4 aromatic heterocycles. The number of pyridine rings is 1. The van der Waals surface area contributed by atoms with Crippen molar-refractivity contribution in [3.05, 3.63) is 120 Å². The summed E-state index contributed by atoms with van der Waals surface area (Å²) in [4.78, 5) is 28.5. The lowest BCUT2D eigenvalue weighted by molar-refractivity contribution is 0.100. The number of fused-ring (bicyclic) bond motifs is 3. The maximum absolute atomic E-state index is 11.4. The fraction of sp³-hybridized carbons (Fsp3) is 0.189. The molecule has 7 aromatic rings. The highest BCUT2D eigenvalue weighted by Gasteiger charge is 2.24. The van der Waals surface area contributed by atoms with Crippen LogP contribution in [0.1, 0.15) is 46.2 Å². The minimum absolute atomic E-state index is 0.329. The summed E-state index contributed by atoms with van der Waals surface area (Å²) in [6.07, 6.45) is 3.89. The number of aryl methyl sites for hydroxylation is 1. The van der Waals surface area contributed by atoms with Gasteiger partial charge in [-0.05, 0) is 62.2 Å². The van der Waals surface area contributed by atoms with Crippen LogP contribution >= 0.6 is 0 Å². The van der Waals surface area contributed by atoms with Crippen LogP contribution in [0.5, 0.6) is 0 Å². The number of rotatable bonds is 7. The van der Waals surface area contributed by atoms with Gasteiger partial charge in [0.1, 0.15) is 5.82 Å². The molecule has 0 aliphatic carbocycles. The van der Waals surface area contributed by atoms with E-state index in [9.17, 15) is 4.79 Å². The fourth-order valence-corrected chi connectivity index (χ4v) is 6.47. The van der Waals surface area contributed by atoms with E-state index in [4.69, 9.17) is 15.7 Å². The maximum atomic E-state index is 11.4. The molecule has 47 heavy (non-hydrogen) atoms. The smallest absolute Gasteiger partial charge is 0.248 e. The SMILES string of the molecule is Cc1cc2ncc3cc(-c4ccccc4)c(-c4ccc(CN5CCC(c6nc(-c7ccc(C(N)=O)cc7)n[nH]6)CC5)cc4)nc3n2n1. The Balaban J connectivity index is 0.984. The number of hydrogen-bond acceptors (Lipinski definition) is 7. The number of nitrogens with two attached hydrogens (primary N) is 1. The first-order chi connectivity index (χ1) is 23.0. The molecule has 1 saturated heterocycles. The number of carbonyl (C=O) groups is 1. The van der Waals surface area contributed by atoms with Crippen molar-refractivity contribution in [2.24, 2.45) is 5.73 Å². The monoisotopic (exact) mass is 619 g/mol. The first-order valence-corrected chi connectivity index (χ1v) is 15.8. The first kappa shape index (κ1) is 28.7. The van der Waals surface area contributed by atoms with Crippen molar-refractivity contribution in [3.8, 4) is 33.8 Å². The highest BCUT2D eigenvalue weighted by atomic mass is 16.1. The molecular weight excluding hydrogens is 586 g/mol. The molecule has 5 heterocycles. The van der Waals surface area contributed by atoms with E-state index in [2.05, 4.69) is 79.8 Å². The molecule has 1 aliphatic rings. The number of benzene rings is 3. The van der Waals surface area contributed by atoms with Crippen LogP contribution in [0.3, 0.4) is 0 Å². The molecule has 0 saturated carbocycles. The predicted octanol–water partition coefficient (Wildman–Crippen LogP) is 6.18. The quantitative estimate of drug-likeness (QED) is 0.218. The Hall–Kier alpha value is -5.74. The van der Waals surface area contributed by atoms with Crippen molar-refractivity contribution < 1.29 is 4.79 Å². The van der Waals surface area contributed by atoms with E-state index in [1.165, 1.54) is 5.56 Å². The normalized spacial score (nSPS) is 14.2. The molecule has 0 unspecified atom stereocenters. The summed E-state index contributed by atoms with van der Waals surface area (Å²) in [5, 5.41) is 13.2. The molecule has 8 rings (SSSR count). The largest absolute Gasteiger partial charge is 0.366 e. The van der Waals surface area contributed by atoms with Gasteiger partial charge in [0.05, 0.1) is 11.4 Å². The summed E-state index contributed by atoms with van der Waals surface area (Å²) in [7, 11) is 0. The molecule has 1 amide bonds. The van der Waals surface area contributed by atoms with E-state index in [1.54, 1.807) is 12.1 Å². The van der Waals surface area contributed by atoms with Gasteiger partial charge in [-0.25, -0.2) is 15.0 Å². The van der Waals surface area contributed by atoms with Gasteiger partial charge < -0.3 is 5.73 Å². The topological polar surface area (TPSA) is 131 Å². The number of nitrogens with zero attached hydrogens (tertiary/aromatic N) is 7. The third kappa shape index (κ3) is 5.64. The third-order valence-electron chi connectivity index (χ3n) is 9.00. The number of likely N-dealkylation sites (tertiary alicyclic amines) is 1. The van der Waals surface area contributed by atoms with Gasteiger partial charge in [-0.15, -0.1) is 0 Å². The molecular formula is C37H33N9O. The van der Waals surface area contributed by atoms with Crippen molar-refractivity contribution >= 4 is 22.6 Å². The molecule has 232 valence electrons. The van der Waals surface area contributed by atoms with Crippen LogP contribution in [0, 0.1) is 6.92 Å². The lowest BCUT2D eigenvalue weighted by atomic mass is 9.95. The average molecular weight is 620 g/mol. The number of amides is 1. The number of primary amides is 1. The minimum Gasteiger partial charge on any atom is -0.366 e. The lowest BCUT2D eigenvalue weighted by Crippen LogP contribution is -2.32. The van der Waals surface area contributed by atoms with Gasteiger partial charge >= 0.3 is 0 Å². The fourth-order valence-electron chi connectivity index (χ4n) is 6.47. The molecule has 10 nitrogen and oxygen atoms in total. The Morgan fingerprint density at radius 1 is 0.894 bits per heavy atom. The van der Waals surface area contributed by atoms with Gasteiger partial charge in [0.2, 0.25) is 5.91 Å². The van der Waals surface area contributed by atoms with Crippen molar-refractivity contribution in [2.75, 3.05) is 13.1 Å². The van der Waals surface area contributed by atoms with E-state index in [0.717, 1.165) is 88.6 Å². The summed E-state index contributed by atoms with van der Waals surface area (Å²) in [6.45, 7) is 4.82. The summed E-state index contributed by atoms with van der Waals surface area (Å²) in [6, 6.07) is 30.4. The van der Waals surface area contributed by atoms with Crippen LogP contribution in [0.2, 0.25) is 0 Å². The van der Waals surface area contributed by atoms with Crippen molar-refractivity contribution in [3.63, 3.8) is 0 Å². The summed E-state index contributed by atoms with van der Waals surface area (Å²) < 4.78 is 1.84. The molecule has 0 radical (unpaired) electrons. The maximum Gasteiger partial charge on any atom is 0.248 e. The average Bonchev–Trinajstić information content (AvgIpc) is 3.76. The molecule has 0 atom stereocenters. The number of hydrogen-bond donors (Lipinski definition) is 2. The van der Waals surface area contributed by atoms with Crippen LogP contribution in [0.25, 0.3) is 50.5 Å². The predicted molar refractivity (Wildman–Crippen MR) is 181 cm³/mol. The second-order valence-corrected chi connectivity index (χ2v) is 12.2. The lowest BCUT2D eigenvalue weighted by Gasteiger charge is -2.31. The van der Waals surface area contributed by atoms with Crippen LogP contribution in [-0.2, 0) is 6.54 Å². The molecule has 1 fully saturated rings. The Labute approximate surface area is 271 Å². The minimum atomic E-state index is -0.446. The standard InChI is InChI=1S/C37H33N9O/c1-23-19-32-39-21-30-20-31(25-5-3-2-4-6-25)33(40-37(30)46(32)44-23)26-9-7-24(8-10-26)22-45-17-15-29(16-18-45)36-41-35(42-43-36)28-13-11-27(12-14-28)34(38)47/h2-14,19-21,29H,15-18,22H2,1H3,(H2,38,47)(H,41,42,43). The number of nitrogens with one attached hydrogen (secondary N) is 1. The van der Waals surface area contributed by atoms with E-state index in [-0.39, 0.29) is 0 Å². The second-order valence-electron chi connectivity index (χ2n) is 12.2. The summed E-state index contributed by atoms with van der Waals surface area (Å²) in [5.74, 6) is 1.43. The third-order valence-corrected chi connectivity index (χ3v) is 9.00. The zero-order valence-corrected chi connectivity index (χ0v) is 26.0. The van der Waals surface area contributed by atoms with E-state index in [1.807, 2.05) is 41.9 Å². The first-order valence-electron chi connectivity index (χ1n) is 15.8. The van der Waals surface area contributed by atoms with Crippen LogP contribution in [0.15, 0.2) is 97.2 Å². The van der Waals surface area contributed by atoms with Crippen LogP contribution < -0.4 is 5.73 Å². The molecule has 0 spiro atoms. The van der Waals surface area contributed by atoms with Gasteiger partial charge in [-0.3, -0.25) is 14.8 Å². The number of aromatic nitrogens is 7. The highest BCUT2D eigenvalue weighted by Crippen LogP contribution is 2.34. The van der Waals surface area contributed by atoms with Crippen LogP contribution in [-0.4, -0.2) is 58.7 Å². The van der Waals surface area contributed by atoms with E-state index in [0.29, 0.717) is 17.3 Å². The van der Waals surface area contributed by atoms with Gasteiger partial charge in [0.25, 0.3) is 0 Å². The molecule has 3 N–H and O–H groups in total. The van der Waals surface area contributed by atoms with Crippen LogP contribution in [0.4, 0.5) is 0 Å². The van der Waals surface area contributed by atoms with Crippen molar-refractivity contribution in [2.45, 2.75) is 32.2 Å². The number of aromatic amines is 1. The van der Waals surface area contributed by atoms with E-state index >= 15 is 0 Å². The van der Waals surface area contributed by atoms with E-state index < -0.39 is 5.91 Å². The Morgan fingerprint density at radius 3 is 2.38 bits per heavy atom. The van der Waals surface area contributed by atoms with Gasteiger partial charge in [-0.1, -0.05) is 66.7 Å². The number of piperidine rings is 1. The van der Waals surface area contributed by atoms with Crippen molar-refractivity contribution in [1.82, 2.24) is 39.7 Å². The molecule has 3 aromatic carbocycles. The Morgan fingerprint density at radius 2 is 1.64 bits per heavy atom. The number of H-pyrrole nitrogens is 1. The second kappa shape index (κ2) is 11.9. The van der Waals surface area contributed by atoms with Gasteiger partial charge in [0, 0.05) is 52.4 Å². The Bertz CT molecular complexity index is 2210. The number of carbonyl (C=O) groups excluding carboxylic acids is 1. The van der Waals surface area contributed by atoms with Crippen molar-refractivity contribution in [1.29, 1.82) is 0 Å². The molecule has 1 aliphatic heterocycles. The molecule has 10 heteroatoms. The summed E-state index contributed by atoms with van der Waals surface area (Å²) in [5.41, 5.74) is 14.6. The van der Waals surface area contributed by atoms with Gasteiger partial charge in [0.15, 0.2) is 17.1 Å². The zero-order valence-electron chi connectivity index (χ0n) is 26.0. The Kier molecular flexibility index (Phi) is 7.26.